The van der Waals surface area contributed by atoms with Crippen LogP contribution >= 0.6 is 11.6 Å². The molecule has 0 spiro atoms. The first-order chi connectivity index (χ1) is 12.7. The average molecular weight is 371 g/mol. The molecule has 1 aliphatic heterocycles. The van der Waals surface area contributed by atoms with Gasteiger partial charge in [-0.3, -0.25) is 4.90 Å². The number of aromatic nitrogens is 2. The summed E-state index contributed by atoms with van der Waals surface area (Å²) in [6.07, 6.45) is 0. The number of nitrogens with zero attached hydrogens (tertiary/aromatic N) is 4. The van der Waals surface area contributed by atoms with E-state index in [1.165, 1.54) is 5.69 Å². The van der Waals surface area contributed by atoms with Crippen molar-refractivity contribution in [2.24, 2.45) is 0 Å². The predicted molar refractivity (Wildman–Crippen MR) is 106 cm³/mol. The molecule has 6 heteroatoms. The fourth-order valence-corrected chi connectivity index (χ4v) is 3.79. The first-order valence-electron chi connectivity index (χ1n) is 9.02. The highest BCUT2D eigenvalue weighted by Gasteiger charge is 2.20. The van der Waals surface area contributed by atoms with Crippen LogP contribution in [0.5, 0.6) is 0 Å². The van der Waals surface area contributed by atoms with E-state index in [0.717, 1.165) is 49.6 Å². The number of fused-ring (bicyclic) bond motifs is 1. The molecule has 5 nitrogen and oxygen atoms in total. The van der Waals surface area contributed by atoms with Gasteiger partial charge in [-0.15, -0.1) is 0 Å². The lowest BCUT2D eigenvalue weighted by Gasteiger charge is -2.36. The van der Waals surface area contributed by atoms with E-state index in [-0.39, 0.29) is 6.61 Å². The number of aliphatic hydroxyl groups is 1. The Morgan fingerprint density at radius 3 is 2.50 bits per heavy atom. The molecule has 1 fully saturated rings. The molecule has 1 saturated heterocycles. The Balaban J connectivity index is 1.49. The molecule has 0 unspecified atom stereocenters. The van der Waals surface area contributed by atoms with Crippen molar-refractivity contribution >= 4 is 28.3 Å². The van der Waals surface area contributed by atoms with Crippen LogP contribution in [0.3, 0.4) is 0 Å². The number of benzene rings is 2. The smallest absolute Gasteiger partial charge is 0.124 e. The second kappa shape index (κ2) is 7.66. The van der Waals surface area contributed by atoms with E-state index < -0.39 is 0 Å². The maximum Gasteiger partial charge on any atom is 0.124 e. The molecular formula is C20H23ClN4O. The van der Waals surface area contributed by atoms with Gasteiger partial charge in [-0.25, -0.2) is 4.98 Å². The molecule has 1 aliphatic rings. The second-order valence-corrected chi connectivity index (χ2v) is 7.07. The SMILES string of the molecule is OCCn1c(CN2CCN(c3ccccc3)CC2)nc2ccc(Cl)cc21. The summed E-state index contributed by atoms with van der Waals surface area (Å²) < 4.78 is 2.09. The van der Waals surface area contributed by atoms with Gasteiger partial charge >= 0.3 is 0 Å². The Morgan fingerprint density at radius 2 is 1.77 bits per heavy atom. The van der Waals surface area contributed by atoms with Crippen LogP contribution in [-0.2, 0) is 13.1 Å². The van der Waals surface area contributed by atoms with Gasteiger partial charge in [0.2, 0.25) is 0 Å². The van der Waals surface area contributed by atoms with Crippen molar-refractivity contribution in [3.05, 3.63) is 59.4 Å². The van der Waals surface area contributed by atoms with Crippen LogP contribution in [0.4, 0.5) is 5.69 Å². The van der Waals surface area contributed by atoms with Crippen LogP contribution in [0, 0.1) is 0 Å². The van der Waals surface area contributed by atoms with Crippen LogP contribution in [0.2, 0.25) is 5.02 Å². The maximum atomic E-state index is 9.46. The molecule has 0 aliphatic carbocycles. The van der Waals surface area contributed by atoms with Crippen LogP contribution in [0.15, 0.2) is 48.5 Å². The van der Waals surface area contributed by atoms with Crippen LogP contribution in [-0.4, -0.2) is 52.3 Å². The predicted octanol–water partition coefficient (Wildman–Crippen LogP) is 3.00. The van der Waals surface area contributed by atoms with E-state index >= 15 is 0 Å². The zero-order chi connectivity index (χ0) is 17.9. The average Bonchev–Trinajstić information content (AvgIpc) is 3.00. The number of hydrogen-bond acceptors (Lipinski definition) is 4. The molecule has 0 saturated carbocycles. The van der Waals surface area contributed by atoms with Gasteiger partial charge in [-0.05, 0) is 30.3 Å². The minimum Gasteiger partial charge on any atom is -0.395 e. The third-order valence-corrected chi connectivity index (χ3v) is 5.21. The van der Waals surface area contributed by atoms with Crippen molar-refractivity contribution in [1.82, 2.24) is 14.5 Å². The molecule has 26 heavy (non-hydrogen) atoms. The topological polar surface area (TPSA) is 44.5 Å². The minimum atomic E-state index is 0.0900. The second-order valence-electron chi connectivity index (χ2n) is 6.64. The number of rotatable bonds is 5. The van der Waals surface area contributed by atoms with Gasteiger partial charge in [0.25, 0.3) is 0 Å². The number of imidazole rings is 1. The maximum absolute atomic E-state index is 9.46. The zero-order valence-corrected chi connectivity index (χ0v) is 15.4. The third-order valence-electron chi connectivity index (χ3n) is 4.97. The summed E-state index contributed by atoms with van der Waals surface area (Å²) in [5.41, 5.74) is 3.21. The van der Waals surface area contributed by atoms with E-state index in [1.807, 2.05) is 18.2 Å². The van der Waals surface area contributed by atoms with Gasteiger partial charge in [-0.2, -0.15) is 0 Å². The molecule has 3 aromatic rings. The number of hydrogen-bond donors (Lipinski definition) is 1. The quantitative estimate of drug-likeness (QED) is 0.749. The number of halogens is 1. The standard InChI is InChI=1S/C20H23ClN4O/c21-16-6-7-18-19(14-16)25(12-13-26)20(22-18)15-23-8-10-24(11-9-23)17-4-2-1-3-5-17/h1-7,14,26H,8-13,15H2. The van der Waals surface area contributed by atoms with Gasteiger partial charge in [0, 0.05) is 43.4 Å². The number of piperazine rings is 1. The highest BCUT2D eigenvalue weighted by Crippen LogP contribution is 2.22. The first kappa shape index (κ1) is 17.3. The van der Waals surface area contributed by atoms with Crippen molar-refractivity contribution < 1.29 is 5.11 Å². The van der Waals surface area contributed by atoms with Crippen LogP contribution in [0.25, 0.3) is 11.0 Å². The summed E-state index contributed by atoms with van der Waals surface area (Å²) in [6.45, 7) is 5.43. The Labute approximate surface area is 158 Å². The summed E-state index contributed by atoms with van der Waals surface area (Å²) >= 11 is 6.15. The van der Waals surface area contributed by atoms with E-state index in [0.29, 0.717) is 11.6 Å². The van der Waals surface area contributed by atoms with Crippen molar-refractivity contribution in [1.29, 1.82) is 0 Å². The van der Waals surface area contributed by atoms with Crippen molar-refractivity contribution in [2.75, 3.05) is 37.7 Å². The van der Waals surface area contributed by atoms with E-state index in [4.69, 9.17) is 16.6 Å². The molecule has 1 aromatic heterocycles. The lowest BCUT2D eigenvalue weighted by molar-refractivity contribution is 0.234. The van der Waals surface area contributed by atoms with Crippen LogP contribution in [0.1, 0.15) is 5.82 Å². The van der Waals surface area contributed by atoms with Crippen LogP contribution < -0.4 is 4.90 Å². The first-order valence-corrected chi connectivity index (χ1v) is 9.40. The molecule has 0 bridgehead atoms. The summed E-state index contributed by atoms with van der Waals surface area (Å²) in [4.78, 5) is 9.63. The largest absolute Gasteiger partial charge is 0.395 e. The Hall–Kier alpha value is -2.08. The lowest BCUT2D eigenvalue weighted by Crippen LogP contribution is -2.46. The van der Waals surface area contributed by atoms with Crippen molar-refractivity contribution in [3.8, 4) is 0 Å². The normalized spacial score (nSPS) is 15.7. The van der Waals surface area contributed by atoms with E-state index in [2.05, 4.69) is 44.7 Å². The van der Waals surface area contributed by atoms with Gasteiger partial charge in [0.1, 0.15) is 5.82 Å². The van der Waals surface area contributed by atoms with E-state index in [9.17, 15) is 5.11 Å². The summed E-state index contributed by atoms with van der Waals surface area (Å²) in [5.74, 6) is 0.990. The number of aliphatic hydroxyl groups excluding tert-OH is 1. The third kappa shape index (κ3) is 3.56. The molecule has 0 radical (unpaired) electrons. The van der Waals surface area contributed by atoms with Gasteiger partial charge in [0.05, 0.1) is 24.2 Å². The Bertz CT molecular complexity index is 872. The number of anilines is 1. The molecular weight excluding hydrogens is 348 g/mol. The highest BCUT2D eigenvalue weighted by atomic mass is 35.5. The minimum absolute atomic E-state index is 0.0900. The fourth-order valence-electron chi connectivity index (χ4n) is 3.62. The molecule has 1 N–H and O–H groups in total. The molecule has 2 heterocycles. The highest BCUT2D eigenvalue weighted by molar-refractivity contribution is 6.31. The molecule has 2 aromatic carbocycles. The number of para-hydroxylation sites is 1. The molecule has 136 valence electrons. The fraction of sp³-hybridized carbons (Fsp3) is 0.350. The van der Waals surface area contributed by atoms with Crippen molar-refractivity contribution in [3.63, 3.8) is 0 Å². The zero-order valence-electron chi connectivity index (χ0n) is 14.7. The van der Waals surface area contributed by atoms with E-state index in [1.54, 1.807) is 0 Å². The molecule has 0 amide bonds. The van der Waals surface area contributed by atoms with Gasteiger partial charge < -0.3 is 14.6 Å². The summed E-state index contributed by atoms with van der Waals surface area (Å²) in [6, 6.07) is 16.3. The Morgan fingerprint density at radius 1 is 1.00 bits per heavy atom. The summed E-state index contributed by atoms with van der Waals surface area (Å²) in [7, 11) is 0. The monoisotopic (exact) mass is 370 g/mol. The molecule has 4 rings (SSSR count). The Kier molecular flexibility index (Phi) is 5.11. The van der Waals surface area contributed by atoms with Gasteiger partial charge in [0.15, 0.2) is 0 Å². The molecule has 0 atom stereocenters. The van der Waals surface area contributed by atoms with Crippen molar-refractivity contribution in [2.45, 2.75) is 13.1 Å². The lowest BCUT2D eigenvalue weighted by atomic mass is 10.2. The van der Waals surface area contributed by atoms with Gasteiger partial charge in [-0.1, -0.05) is 29.8 Å². The summed E-state index contributed by atoms with van der Waals surface area (Å²) in [5, 5.41) is 10.2.